The van der Waals surface area contributed by atoms with E-state index in [0.29, 0.717) is 10.9 Å². The topological polar surface area (TPSA) is 46.1 Å². The molecule has 2 aromatic rings. The highest BCUT2D eigenvalue weighted by molar-refractivity contribution is 7.14. The molecular formula is C20H23F2N3OS. The second-order valence-electron chi connectivity index (χ2n) is 7.50. The molecule has 0 unspecified atom stereocenters. The third-order valence-electron chi connectivity index (χ3n) is 5.71. The SMILES string of the molecule is O=C(C1CCCCC1)N1CCC(c2nnc(-c3ccc(F)cc3F)s2)CC1. The molecule has 0 bridgehead atoms. The number of carbonyl (C=O) groups is 1. The number of amides is 1. The molecule has 0 spiro atoms. The number of carbonyl (C=O) groups excluding carboxylic acids is 1. The van der Waals surface area contributed by atoms with E-state index in [9.17, 15) is 13.6 Å². The first-order valence-corrected chi connectivity index (χ1v) is 10.5. The molecular weight excluding hydrogens is 368 g/mol. The van der Waals surface area contributed by atoms with Gasteiger partial charge in [0.05, 0.1) is 0 Å². The number of halogens is 2. The van der Waals surface area contributed by atoms with E-state index in [-0.39, 0.29) is 17.4 Å². The second-order valence-corrected chi connectivity index (χ2v) is 8.51. The quantitative estimate of drug-likeness (QED) is 0.757. The van der Waals surface area contributed by atoms with Crippen molar-refractivity contribution in [1.82, 2.24) is 15.1 Å². The number of aromatic nitrogens is 2. The van der Waals surface area contributed by atoms with Crippen molar-refractivity contribution in [2.45, 2.75) is 50.9 Å². The Morgan fingerprint density at radius 2 is 1.78 bits per heavy atom. The fraction of sp³-hybridized carbons (Fsp3) is 0.550. The van der Waals surface area contributed by atoms with Crippen LogP contribution in [-0.4, -0.2) is 34.1 Å². The van der Waals surface area contributed by atoms with Crippen LogP contribution in [0.1, 0.15) is 55.9 Å². The largest absolute Gasteiger partial charge is 0.342 e. The Hall–Kier alpha value is -1.89. The van der Waals surface area contributed by atoms with Gasteiger partial charge in [-0.25, -0.2) is 8.78 Å². The fourth-order valence-corrected chi connectivity index (χ4v) is 5.17. The molecule has 0 radical (unpaired) electrons. The van der Waals surface area contributed by atoms with E-state index in [4.69, 9.17) is 0 Å². The third kappa shape index (κ3) is 4.03. The molecule has 2 aliphatic rings. The molecule has 1 amide bonds. The summed E-state index contributed by atoms with van der Waals surface area (Å²) in [5.74, 6) is -0.443. The molecule has 0 atom stereocenters. The Bertz CT molecular complexity index is 811. The van der Waals surface area contributed by atoms with E-state index in [0.717, 1.165) is 49.8 Å². The van der Waals surface area contributed by atoms with Crippen molar-refractivity contribution in [1.29, 1.82) is 0 Å². The first kappa shape index (κ1) is 18.5. The number of hydrogen-bond donors (Lipinski definition) is 0. The second kappa shape index (κ2) is 8.00. The Balaban J connectivity index is 1.38. The maximum atomic E-state index is 14.0. The average molecular weight is 391 g/mol. The summed E-state index contributed by atoms with van der Waals surface area (Å²) in [5.41, 5.74) is 0.282. The lowest BCUT2D eigenvalue weighted by atomic mass is 9.87. The molecule has 7 heteroatoms. The van der Waals surface area contributed by atoms with Gasteiger partial charge < -0.3 is 4.90 Å². The van der Waals surface area contributed by atoms with Gasteiger partial charge in [0.1, 0.15) is 16.6 Å². The van der Waals surface area contributed by atoms with Crippen LogP contribution in [0.4, 0.5) is 8.78 Å². The smallest absolute Gasteiger partial charge is 0.225 e. The average Bonchev–Trinajstić information content (AvgIpc) is 3.18. The highest BCUT2D eigenvalue weighted by atomic mass is 32.1. The predicted molar refractivity (Wildman–Crippen MR) is 100 cm³/mol. The molecule has 1 aromatic carbocycles. The normalized spacial score (nSPS) is 19.4. The molecule has 1 aromatic heterocycles. The van der Waals surface area contributed by atoms with Gasteiger partial charge in [-0.3, -0.25) is 4.79 Å². The van der Waals surface area contributed by atoms with E-state index in [1.54, 1.807) is 0 Å². The van der Waals surface area contributed by atoms with Crippen LogP contribution in [0.25, 0.3) is 10.6 Å². The minimum absolute atomic E-state index is 0.213. The van der Waals surface area contributed by atoms with E-state index in [1.807, 2.05) is 4.90 Å². The predicted octanol–water partition coefficient (Wildman–Crippen LogP) is 4.77. The van der Waals surface area contributed by atoms with Crippen LogP contribution >= 0.6 is 11.3 Å². The lowest BCUT2D eigenvalue weighted by Gasteiger charge is -2.34. The summed E-state index contributed by atoms with van der Waals surface area (Å²) in [6.07, 6.45) is 7.36. The van der Waals surface area contributed by atoms with Crippen LogP contribution in [0, 0.1) is 17.6 Å². The molecule has 144 valence electrons. The number of likely N-dealkylation sites (tertiary alicyclic amines) is 1. The van der Waals surface area contributed by atoms with Crippen molar-refractivity contribution in [2.75, 3.05) is 13.1 Å². The summed E-state index contributed by atoms with van der Waals surface area (Å²) in [6, 6.07) is 3.50. The van der Waals surface area contributed by atoms with Crippen LogP contribution in [0.15, 0.2) is 18.2 Å². The summed E-state index contributed by atoms with van der Waals surface area (Å²) >= 11 is 1.36. The summed E-state index contributed by atoms with van der Waals surface area (Å²) in [7, 11) is 0. The number of benzene rings is 1. The molecule has 2 fully saturated rings. The van der Waals surface area contributed by atoms with Gasteiger partial charge in [0, 0.05) is 36.6 Å². The molecule has 4 rings (SSSR count). The summed E-state index contributed by atoms with van der Waals surface area (Å²) < 4.78 is 27.1. The standard InChI is InChI=1S/C20H23F2N3OS/c21-15-6-7-16(17(22)12-15)19-24-23-18(27-19)13-8-10-25(11-9-13)20(26)14-4-2-1-3-5-14/h6-7,12-14H,1-5,8-11H2. The van der Waals surface area contributed by atoms with Crippen LogP contribution in [0.3, 0.4) is 0 Å². The van der Waals surface area contributed by atoms with Crippen LogP contribution in [0.2, 0.25) is 0 Å². The first-order chi connectivity index (χ1) is 13.1. The molecule has 1 saturated carbocycles. The van der Waals surface area contributed by atoms with E-state index in [1.165, 1.54) is 42.7 Å². The lowest BCUT2D eigenvalue weighted by Crippen LogP contribution is -2.41. The van der Waals surface area contributed by atoms with E-state index >= 15 is 0 Å². The fourth-order valence-electron chi connectivity index (χ4n) is 4.13. The molecule has 2 heterocycles. The number of piperidine rings is 1. The Morgan fingerprint density at radius 1 is 1.04 bits per heavy atom. The zero-order valence-electron chi connectivity index (χ0n) is 15.2. The molecule has 1 aliphatic heterocycles. The van der Waals surface area contributed by atoms with Crippen molar-refractivity contribution in [2.24, 2.45) is 5.92 Å². The van der Waals surface area contributed by atoms with Crippen LogP contribution in [0.5, 0.6) is 0 Å². The van der Waals surface area contributed by atoms with Gasteiger partial charge in [-0.05, 0) is 37.8 Å². The minimum Gasteiger partial charge on any atom is -0.342 e. The Kier molecular flexibility index (Phi) is 5.48. The van der Waals surface area contributed by atoms with E-state index in [2.05, 4.69) is 10.2 Å². The molecule has 4 nitrogen and oxygen atoms in total. The molecule has 0 N–H and O–H groups in total. The van der Waals surface area contributed by atoms with Gasteiger partial charge in [-0.2, -0.15) is 0 Å². The zero-order chi connectivity index (χ0) is 18.8. The van der Waals surface area contributed by atoms with Crippen molar-refractivity contribution in [3.8, 4) is 10.6 Å². The van der Waals surface area contributed by atoms with Gasteiger partial charge >= 0.3 is 0 Å². The van der Waals surface area contributed by atoms with E-state index < -0.39 is 11.6 Å². The van der Waals surface area contributed by atoms with Gasteiger partial charge in [0.2, 0.25) is 5.91 Å². The minimum atomic E-state index is -0.620. The monoisotopic (exact) mass is 391 g/mol. The highest BCUT2D eigenvalue weighted by Crippen LogP contribution is 2.35. The maximum Gasteiger partial charge on any atom is 0.225 e. The Labute approximate surface area is 161 Å². The number of hydrogen-bond acceptors (Lipinski definition) is 4. The highest BCUT2D eigenvalue weighted by Gasteiger charge is 2.30. The number of rotatable bonds is 3. The number of nitrogens with zero attached hydrogens (tertiary/aromatic N) is 3. The van der Waals surface area contributed by atoms with Gasteiger partial charge in [-0.15, -0.1) is 10.2 Å². The maximum absolute atomic E-state index is 14.0. The summed E-state index contributed by atoms with van der Waals surface area (Å²) in [4.78, 5) is 14.7. The molecule has 1 saturated heterocycles. The van der Waals surface area contributed by atoms with Crippen LogP contribution < -0.4 is 0 Å². The van der Waals surface area contributed by atoms with Crippen LogP contribution in [-0.2, 0) is 4.79 Å². The van der Waals surface area contributed by atoms with Crippen molar-refractivity contribution < 1.29 is 13.6 Å². The van der Waals surface area contributed by atoms with Gasteiger partial charge in [0.15, 0.2) is 5.01 Å². The van der Waals surface area contributed by atoms with Gasteiger partial charge in [-0.1, -0.05) is 30.6 Å². The van der Waals surface area contributed by atoms with Crippen molar-refractivity contribution >= 4 is 17.2 Å². The van der Waals surface area contributed by atoms with Crippen molar-refractivity contribution in [3.63, 3.8) is 0 Å². The lowest BCUT2D eigenvalue weighted by molar-refractivity contribution is -0.137. The first-order valence-electron chi connectivity index (χ1n) is 9.69. The summed E-state index contributed by atoms with van der Waals surface area (Å²) in [5, 5.41) is 9.70. The third-order valence-corrected chi connectivity index (χ3v) is 6.83. The summed E-state index contributed by atoms with van der Waals surface area (Å²) in [6.45, 7) is 1.50. The molecule has 1 aliphatic carbocycles. The zero-order valence-corrected chi connectivity index (χ0v) is 16.0. The molecule has 27 heavy (non-hydrogen) atoms. The Morgan fingerprint density at radius 3 is 2.48 bits per heavy atom. The van der Waals surface area contributed by atoms with Gasteiger partial charge in [0.25, 0.3) is 0 Å². The van der Waals surface area contributed by atoms with Crippen molar-refractivity contribution in [3.05, 3.63) is 34.8 Å².